The molecular formula is C25H29BrClFN4O2. The average molecular weight is 552 g/mol. The van der Waals surface area contributed by atoms with E-state index in [9.17, 15) is 4.39 Å². The number of likely N-dealkylation sites (tertiary alicyclic amines) is 1. The van der Waals surface area contributed by atoms with Crippen molar-refractivity contribution >= 4 is 49.9 Å². The Morgan fingerprint density at radius 1 is 1.24 bits per heavy atom. The lowest BCUT2D eigenvalue weighted by atomic mass is 9.93. The minimum absolute atomic E-state index is 0.00558. The van der Waals surface area contributed by atoms with E-state index in [-0.39, 0.29) is 10.7 Å². The molecule has 0 aliphatic carbocycles. The van der Waals surface area contributed by atoms with Gasteiger partial charge in [0.1, 0.15) is 12.1 Å². The fourth-order valence-corrected chi connectivity index (χ4v) is 4.96. The Hall–Kier alpha value is -2.16. The summed E-state index contributed by atoms with van der Waals surface area (Å²) < 4.78 is 26.7. The van der Waals surface area contributed by atoms with Crippen LogP contribution in [0.15, 0.2) is 35.1 Å². The summed E-state index contributed by atoms with van der Waals surface area (Å²) in [5.74, 6) is 2.54. The molecule has 1 N–H and O–H groups in total. The largest absolute Gasteiger partial charge is 0.493 e. The number of ether oxygens (including phenoxy) is 2. The molecule has 4 rings (SSSR count). The molecule has 1 fully saturated rings. The normalized spacial score (nSPS) is 18.4. The number of methoxy groups -OCH3 is 1. The summed E-state index contributed by atoms with van der Waals surface area (Å²) in [6.07, 6.45) is 3.55. The zero-order valence-corrected chi connectivity index (χ0v) is 21.9. The summed E-state index contributed by atoms with van der Waals surface area (Å²) in [5, 5.41) is 3.71. The minimum atomic E-state index is -0.562. The second-order valence-electron chi connectivity index (χ2n) is 8.67. The maximum Gasteiger partial charge on any atom is 0.166 e. The van der Waals surface area contributed by atoms with Crippen molar-refractivity contribution < 1.29 is 13.9 Å². The first-order valence-corrected chi connectivity index (χ1v) is 12.7. The molecule has 2 heterocycles. The maximum atomic E-state index is 14.6. The number of rotatable bonds is 9. The summed E-state index contributed by atoms with van der Waals surface area (Å²) in [5.41, 5.74) is 0.884. The third-order valence-electron chi connectivity index (χ3n) is 6.48. The molecule has 0 bridgehead atoms. The predicted molar refractivity (Wildman–Crippen MR) is 138 cm³/mol. The maximum absolute atomic E-state index is 14.6. The average Bonchev–Trinajstić information content (AvgIpc) is 3.21. The number of halogens is 3. The van der Waals surface area contributed by atoms with Crippen molar-refractivity contribution in [2.45, 2.75) is 26.7 Å². The molecule has 0 radical (unpaired) electrons. The van der Waals surface area contributed by atoms with Gasteiger partial charge in [0.15, 0.2) is 17.3 Å². The third-order valence-corrected chi connectivity index (χ3v) is 7.74. The molecule has 0 saturated carbocycles. The van der Waals surface area contributed by atoms with E-state index in [4.69, 9.17) is 21.1 Å². The minimum Gasteiger partial charge on any atom is -0.493 e. The van der Waals surface area contributed by atoms with Crippen LogP contribution in [-0.4, -0.2) is 48.2 Å². The molecule has 182 valence electrons. The Bertz CT molecular complexity index is 1170. The Morgan fingerprint density at radius 2 is 2.06 bits per heavy atom. The van der Waals surface area contributed by atoms with Crippen LogP contribution >= 0.6 is 27.5 Å². The quantitative estimate of drug-likeness (QED) is 0.236. The van der Waals surface area contributed by atoms with E-state index in [1.54, 1.807) is 19.2 Å². The van der Waals surface area contributed by atoms with Crippen molar-refractivity contribution in [1.82, 2.24) is 14.9 Å². The molecule has 1 saturated heterocycles. The van der Waals surface area contributed by atoms with Gasteiger partial charge >= 0.3 is 0 Å². The Morgan fingerprint density at radius 3 is 2.79 bits per heavy atom. The highest BCUT2D eigenvalue weighted by molar-refractivity contribution is 9.10. The summed E-state index contributed by atoms with van der Waals surface area (Å²) in [4.78, 5) is 11.2. The summed E-state index contributed by atoms with van der Waals surface area (Å²) in [7, 11) is 1.60. The van der Waals surface area contributed by atoms with Gasteiger partial charge in [-0.25, -0.2) is 14.4 Å². The van der Waals surface area contributed by atoms with Crippen LogP contribution in [0, 0.1) is 17.7 Å². The third kappa shape index (κ3) is 5.39. The highest BCUT2D eigenvalue weighted by Crippen LogP contribution is 2.37. The lowest BCUT2D eigenvalue weighted by molar-refractivity contribution is 0.268. The lowest BCUT2D eigenvalue weighted by Gasteiger charge is -2.16. The number of anilines is 2. The van der Waals surface area contributed by atoms with Crippen LogP contribution in [0.25, 0.3) is 10.9 Å². The smallest absolute Gasteiger partial charge is 0.166 e. The Labute approximate surface area is 212 Å². The van der Waals surface area contributed by atoms with E-state index in [1.165, 1.54) is 19.4 Å². The van der Waals surface area contributed by atoms with Crippen LogP contribution in [0.1, 0.15) is 26.7 Å². The highest BCUT2D eigenvalue weighted by atomic mass is 79.9. The van der Waals surface area contributed by atoms with Gasteiger partial charge < -0.3 is 19.7 Å². The summed E-state index contributed by atoms with van der Waals surface area (Å²) in [6.45, 7) is 8.65. The topological polar surface area (TPSA) is 59.5 Å². The number of hydrogen-bond donors (Lipinski definition) is 1. The van der Waals surface area contributed by atoms with Crippen molar-refractivity contribution in [2.24, 2.45) is 11.8 Å². The van der Waals surface area contributed by atoms with Crippen LogP contribution in [-0.2, 0) is 0 Å². The van der Waals surface area contributed by atoms with Gasteiger partial charge in [-0.2, -0.15) is 0 Å². The monoisotopic (exact) mass is 550 g/mol. The van der Waals surface area contributed by atoms with Crippen LogP contribution in [0.5, 0.6) is 11.5 Å². The second kappa shape index (κ2) is 11.1. The van der Waals surface area contributed by atoms with Gasteiger partial charge in [0.05, 0.1) is 29.9 Å². The first-order valence-electron chi connectivity index (χ1n) is 11.5. The van der Waals surface area contributed by atoms with E-state index in [1.807, 2.05) is 12.1 Å². The number of benzene rings is 2. The molecule has 0 spiro atoms. The number of fused-ring (bicyclic) bond motifs is 1. The lowest BCUT2D eigenvalue weighted by Crippen LogP contribution is -2.20. The number of nitrogens with zero attached hydrogens (tertiary/aromatic N) is 3. The van der Waals surface area contributed by atoms with Crippen LogP contribution in [0.3, 0.4) is 0 Å². The van der Waals surface area contributed by atoms with Crippen LogP contribution in [0.2, 0.25) is 5.02 Å². The van der Waals surface area contributed by atoms with Crippen molar-refractivity contribution in [3.63, 3.8) is 0 Å². The Balaban J connectivity index is 1.48. The highest BCUT2D eigenvalue weighted by Gasteiger charge is 2.27. The molecule has 9 heteroatoms. The molecular weight excluding hydrogens is 523 g/mol. The van der Waals surface area contributed by atoms with Crippen molar-refractivity contribution in [3.8, 4) is 11.5 Å². The van der Waals surface area contributed by atoms with E-state index in [0.29, 0.717) is 39.3 Å². The van der Waals surface area contributed by atoms with Crippen molar-refractivity contribution in [1.29, 1.82) is 0 Å². The van der Waals surface area contributed by atoms with Crippen molar-refractivity contribution in [3.05, 3.63) is 45.9 Å². The fraction of sp³-hybridized carbons (Fsp3) is 0.440. The van der Waals surface area contributed by atoms with Gasteiger partial charge in [-0.3, -0.25) is 0 Å². The molecule has 2 aromatic carbocycles. The van der Waals surface area contributed by atoms with E-state index in [0.717, 1.165) is 31.2 Å². The number of hydrogen-bond acceptors (Lipinski definition) is 6. The van der Waals surface area contributed by atoms with Gasteiger partial charge in [-0.1, -0.05) is 25.4 Å². The van der Waals surface area contributed by atoms with Gasteiger partial charge in [-0.05, 0) is 65.4 Å². The molecule has 6 nitrogen and oxygen atoms in total. The van der Waals surface area contributed by atoms with E-state index in [2.05, 4.69) is 50.0 Å². The predicted octanol–water partition coefficient (Wildman–Crippen LogP) is 6.68. The first kappa shape index (κ1) is 24.9. The molecule has 3 aromatic rings. The summed E-state index contributed by atoms with van der Waals surface area (Å²) >= 11 is 9.25. The number of nitrogens with one attached hydrogen (secondary N) is 1. The molecule has 34 heavy (non-hydrogen) atoms. The molecule has 0 amide bonds. The van der Waals surface area contributed by atoms with E-state index >= 15 is 0 Å². The van der Waals surface area contributed by atoms with Gasteiger partial charge in [0.2, 0.25) is 0 Å². The second-order valence-corrected chi connectivity index (χ2v) is 9.90. The standard InChI is InChI=1S/C25H29BrClFN4O2/c1-4-32-12-15(2)16(13-32)6-5-9-34-22-11-20-17(10-21(22)33-3)25(30-14-29-20)31-19-8-7-18(26)23(27)24(19)28/h7-8,10-11,14-16H,4-6,9,12-13H2,1-3H3,(H,29,30,31)/t15-,16+/m1/s1. The SMILES string of the molecule is CCN1C[C@H](CCCOc2cc3ncnc(Nc4ccc(Br)c(Cl)c4F)c3cc2OC)[C@H](C)C1. The van der Waals surface area contributed by atoms with E-state index < -0.39 is 5.82 Å². The Kier molecular flexibility index (Phi) is 8.11. The first-order chi connectivity index (χ1) is 16.4. The zero-order valence-electron chi connectivity index (χ0n) is 19.6. The van der Waals surface area contributed by atoms with Gasteiger partial charge in [0, 0.05) is 29.0 Å². The summed E-state index contributed by atoms with van der Waals surface area (Å²) in [6, 6.07) is 6.92. The number of aromatic nitrogens is 2. The molecule has 0 unspecified atom stereocenters. The molecule has 1 aromatic heterocycles. The van der Waals surface area contributed by atoms with Crippen molar-refractivity contribution in [2.75, 3.05) is 38.7 Å². The fourth-order valence-electron chi connectivity index (χ4n) is 4.49. The zero-order chi connectivity index (χ0) is 24.2. The van der Waals surface area contributed by atoms with Crippen LogP contribution in [0.4, 0.5) is 15.9 Å². The molecule has 1 aliphatic rings. The van der Waals surface area contributed by atoms with Gasteiger partial charge in [-0.15, -0.1) is 0 Å². The molecule has 2 atom stereocenters. The van der Waals surface area contributed by atoms with Gasteiger partial charge in [0.25, 0.3) is 0 Å². The molecule has 1 aliphatic heterocycles. The van der Waals surface area contributed by atoms with Crippen LogP contribution < -0.4 is 14.8 Å².